The lowest BCUT2D eigenvalue weighted by atomic mass is 10.0. The predicted octanol–water partition coefficient (Wildman–Crippen LogP) is 2.56. The number of aromatic nitrogens is 4. The van der Waals surface area contributed by atoms with Gasteiger partial charge in [0, 0.05) is 5.56 Å². The molecule has 1 aliphatic rings. The van der Waals surface area contributed by atoms with Gasteiger partial charge < -0.3 is 9.84 Å². The second-order valence-electron chi connectivity index (χ2n) is 6.21. The van der Waals surface area contributed by atoms with E-state index in [0.717, 1.165) is 29.7 Å². The molecule has 1 amide bonds. The Labute approximate surface area is 144 Å². The fraction of sp³-hybridized carbons (Fsp3) is 0.278. The molecule has 1 aromatic carbocycles. The fourth-order valence-corrected chi connectivity index (χ4v) is 3.15. The highest BCUT2D eigenvalue weighted by atomic mass is 16.5. The van der Waals surface area contributed by atoms with Crippen molar-refractivity contribution < 1.29 is 9.32 Å². The molecule has 1 atom stereocenters. The Morgan fingerprint density at radius 2 is 2.16 bits per heavy atom. The molecule has 1 N–H and O–H groups in total. The first kappa shape index (κ1) is 15.4. The summed E-state index contributed by atoms with van der Waals surface area (Å²) >= 11 is 0. The van der Waals surface area contributed by atoms with Crippen LogP contribution >= 0.6 is 0 Å². The molecular weight excluding hydrogens is 318 g/mol. The summed E-state index contributed by atoms with van der Waals surface area (Å²) in [7, 11) is 0. The van der Waals surface area contributed by atoms with E-state index in [4.69, 9.17) is 4.52 Å². The number of aryl methyl sites for hydroxylation is 3. The van der Waals surface area contributed by atoms with E-state index in [0.29, 0.717) is 17.3 Å². The smallest absolute Gasteiger partial charge is 0.257 e. The van der Waals surface area contributed by atoms with Crippen LogP contribution in [-0.4, -0.2) is 26.2 Å². The van der Waals surface area contributed by atoms with Crippen LogP contribution in [0.4, 0.5) is 0 Å². The van der Waals surface area contributed by atoms with E-state index in [1.54, 1.807) is 13.0 Å². The van der Waals surface area contributed by atoms with Crippen molar-refractivity contribution in [1.29, 1.82) is 0 Å². The van der Waals surface area contributed by atoms with E-state index in [1.807, 2.05) is 19.1 Å². The summed E-state index contributed by atoms with van der Waals surface area (Å²) in [4.78, 5) is 16.7. The summed E-state index contributed by atoms with van der Waals surface area (Å²) in [5.74, 6) is 1.00. The third kappa shape index (κ3) is 3.00. The largest absolute Gasteiger partial charge is 0.345 e. The first-order valence-corrected chi connectivity index (χ1v) is 8.14. The normalized spacial score (nSPS) is 15.8. The molecule has 2 aromatic heterocycles. The second-order valence-corrected chi connectivity index (χ2v) is 6.21. The number of hydrogen-bond donors (Lipinski definition) is 1. The summed E-state index contributed by atoms with van der Waals surface area (Å²) in [6.07, 6.45) is 3.25. The van der Waals surface area contributed by atoms with Crippen LogP contribution in [0.5, 0.6) is 0 Å². The maximum absolute atomic E-state index is 12.4. The van der Waals surface area contributed by atoms with Crippen LogP contribution < -0.4 is 5.32 Å². The van der Waals surface area contributed by atoms with Gasteiger partial charge in [-0.2, -0.15) is 15.2 Å². The fourth-order valence-electron chi connectivity index (χ4n) is 3.15. The van der Waals surface area contributed by atoms with Gasteiger partial charge in [-0.25, -0.2) is 0 Å². The number of carbonyl (C=O) groups is 1. The minimum absolute atomic E-state index is 0.00515. The highest BCUT2D eigenvalue weighted by Gasteiger charge is 2.25. The first-order chi connectivity index (χ1) is 12.1. The monoisotopic (exact) mass is 335 g/mol. The van der Waals surface area contributed by atoms with Crippen molar-refractivity contribution in [1.82, 2.24) is 25.7 Å². The third-order valence-corrected chi connectivity index (χ3v) is 4.34. The van der Waals surface area contributed by atoms with Gasteiger partial charge in [0.05, 0.1) is 23.5 Å². The van der Waals surface area contributed by atoms with Crippen LogP contribution in [0.15, 0.2) is 35.0 Å². The Bertz CT molecular complexity index is 950. The molecule has 1 aliphatic carbocycles. The molecule has 0 aliphatic heterocycles. The molecule has 25 heavy (non-hydrogen) atoms. The summed E-state index contributed by atoms with van der Waals surface area (Å²) in [5.41, 5.74) is 4.48. The van der Waals surface area contributed by atoms with E-state index in [2.05, 4.69) is 31.7 Å². The zero-order chi connectivity index (χ0) is 17.4. The van der Waals surface area contributed by atoms with Crippen molar-refractivity contribution >= 4 is 5.91 Å². The highest BCUT2D eigenvalue weighted by Crippen LogP contribution is 2.34. The van der Waals surface area contributed by atoms with Gasteiger partial charge in [0.2, 0.25) is 0 Å². The second kappa shape index (κ2) is 6.08. The molecule has 0 unspecified atom stereocenters. The van der Waals surface area contributed by atoms with Gasteiger partial charge in [-0.15, -0.1) is 0 Å². The number of fused-ring (bicyclic) bond motifs is 1. The number of benzene rings is 1. The zero-order valence-electron chi connectivity index (χ0n) is 14.0. The van der Waals surface area contributed by atoms with Crippen LogP contribution in [0.25, 0.3) is 11.5 Å². The molecule has 0 fully saturated rings. The van der Waals surface area contributed by atoms with Crippen LogP contribution in [0.3, 0.4) is 0 Å². The van der Waals surface area contributed by atoms with E-state index in [1.165, 1.54) is 11.8 Å². The van der Waals surface area contributed by atoms with Gasteiger partial charge in [-0.05, 0) is 56.0 Å². The Kier molecular flexibility index (Phi) is 3.76. The maximum atomic E-state index is 12.4. The van der Waals surface area contributed by atoms with E-state index < -0.39 is 0 Å². The predicted molar refractivity (Wildman–Crippen MR) is 89.8 cm³/mol. The SMILES string of the molecule is Cc1cc(C(=O)N[C@@H]2CCc3cc(-c4nc(C)no4)ccc32)cnn1. The Balaban J connectivity index is 1.55. The minimum Gasteiger partial charge on any atom is -0.345 e. The number of amides is 1. The summed E-state index contributed by atoms with van der Waals surface area (Å²) in [5, 5.41) is 14.6. The molecule has 0 radical (unpaired) electrons. The Morgan fingerprint density at radius 1 is 1.28 bits per heavy atom. The number of hydrogen-bond acceptors (Lipinski definition) is 6. The summed E-state index contributed by atoms with van der Waals surface area (Å²) in [6, 6.07) is 7.77. The lowest BCUT2D eigenvalue weighted by Crippen LogP contribution is -2.27. The van der Waals surface area contributed by atoms with Crippen molar-refractivity contribution in [3.63, 3.8) is 0 Å². The number of nitrogens with one attached hydrogen (secondary N) is 1. The first-order valence-electron chi connectivity index (χ1n) is 8.14. The lowest BCUT2D eigenvalue weighted by molar-refractivity contribution is 0.0936. The molecule has 7 heteroatoms. The van der Waals surface area contributed by atoms with Gasteiger partial charge in [-0.3, -0.25) is 4.79 Å². The van der Waals surface area contributed by atoms with E-state index >= 15 is 0 Å². The third-order valence-electron chi connectivity index (χ3n) is 4.34. The van der Waals surface area contributed by atoms with Crippen LogP contribution in [0.2, 0.25) is 0 Å². The molecule has 0 bridgehead atoms. The minimum atomic E-state index is -0.132. The number of nitrogens with zero attached hydrogens (tertiary/aromatic N) is 4. The molecule has 0 spiro atoms. The summed E-state index contributed by atoms with van der Waals surface area (Å²) < 4.78 is 5.23. The van der Waals surface area contributed by atoms with E-state index in [-0.39, 0.29) is 11.9 Å². The van der Waals surface area contributed by atoms with Gasteiger partial charge in [0.15, 0.2) is 5.82 Å². The van der Waals surface area contributed by atoms with Crippen molar-refractivity contribution in [3.8, 4) is 11.5 Å². The molecule has 0 saturated carbocycles. The Morgan fingerprint density at radius 3 is 2.92 bits per heavy atom. The molecule has 3 aromatic rings. The molecule has 4 rings (SSSR count). The highest BCUT2D eigenvalue weighted by molar-refractivity contribution is 5.94. The van der Waals surface area contributed by atoms with Gasteiger partial charge in [-0.1, -0.05) is 11.2 Å². The lowest BCUT2D eigenvalue weighted by Gasteiger charge is -2.14. The topological polar surface area (TPSA) is 93.8 Å². The van der Waals surface area contributed by atoms with Crippen molar-refractivity contribution in [2.24, 2.45) is 0 Å². The van der Waals surface area contributed by atoms with Gasteiger partial charge >= 0.3 is 0 Å². The average Bonchev–Trinajstić information content (AvgIpc) is 3.21. The zero-order valence-corrected chi connectivity index (χ0v) is 14.0. The van der Waals surface area contributed by atoms with Crippen LogP contribution in [-0.2, 0) is 6.42 Å². The maximum Gasteiger partial charge on any atom is 0.257 e. The molecule has 0 saturated heterocycles. The Hall–Kier alpha value is -3.09. The number of rotatable bonds is 3. The molecular formula is C18H17N5O2. The van der Waals surface area contributed by atoms with Crippen LogP contribution in [0, 0.1) is 13.8 Å². The van der Waals surface area contributed by atoms with Gasteiger partial charge in [0.25, 0.3) is 11.8 Å². The molecule has 7 nitrogen and oxygen atoms in total. The van der Waals surface area contributed by atoms with Crippen molar-refractivity contribution in [2.75, 3.05) is 0 Å². The standard InChI is InChI=1S/C18H17N5O2/c1-10-7-14(9-19-22-10)17(24)21-16-6-4-12-8-13(3-5-15(12)16)18-20-11(2)23-25-18/h3,5,7-9,16H,4,6H2,1-2H3,(H,21,24)/t16-/m1/s1. The van der Waals surface area contributed by atoms with Crippen LogP contribution in [0.1, 0.15) is 45.5 Å². The van der Waals surface area contributed by atoms with Crippen molar-refractivity contribution in [3.05, 3.63) is 58.7 Å². The molecule has 2 heterocycles. The van der Waals surface area contributed by atoms with E-state index in [9.17, 15) is 4.79 Å². The van der Waals surface area contributed by atoms with Gasteiger partial charge in [0.1, 0.15) is 0 Å². The average molecular weight is 335 g/mol. The quantitative estimate of drug-likeness (QED) is 0.790. The molecule has 126 valence electrons. The number of carbonyl (C=O) groups excluding carboxylic acids is 1. The summed E-state index contributed by atoms with van der Waals surface area (Å²) in [6.45, 7) is 3.61. The van der Waals surface area contributed by atoms with Crippen molar-refractivity contribution in [2.45, 2.75) is 32.7 Å².